The molecule has 41 heavy (non-hydrogen) atoms. The number of methoxy groups -OCH3 is 1. The SMILES string of the molecule is COc1ccc2[nH]c(C)c(CC(=O)Oc3ccc(C(=O)OCCN4CCN(CC(=O)N5CCCC5)CC4)cc3)c2c1. The number of carbonyl (C=O) groups is 3. The molecular formula is C31H38N4O6. The van der Waals surface area contributed by atoms with E-state index < -0.39 is 11.9 Å². The van der Waals surface area contributed by atoms with Crippen molar-refractivity contribution >= 4 is 28.7 Å². The molecule has 0 unspecified atom stereocenters. The van der Waals surface area contributed by atoms with Gasteiger partial charge in [0.25, 0.3) is 0 Å². The first-order valence-electron chi connectivity index (χ1n) is 14.2. The van der Waals surface area contributed by atoms with Gasteiger partial charge in [-0.2, -0.15) is 0 Å². The van der Waals surface area contributed by atoms with E-state index in [0.717, 1.165) is 80.0 Å². The monoisotopic (exact) mass is 562 g/mol. The number of amides is 1. The number of nitrogens with one attached hydrogen (secondary N) is 1. The summed E-state index contributed by atoms with van der Waals surface area (Å²) in [5, 5.41) is 0.923. The largest absolute Gasteiger partial charge is 0.497 e. The lowest BCUT2D eigenvalue weighted by molar-refractivity contribution is -0.133. The van der Waals surface area contributed by atoms with Gasteiger partial charge in [-0.25, -0.2) is 4.79 Å². The average molecular weight is 563 g/mol. The number of esters is 2. The van der Waals surface area contributed by atoms with Crippen LogP contribution < -0.4 is 9.47 Å². The molecule has 2 saturated heterocycles. The predicted molar refractivity (Wildman–Crippen MR) is 154 cm³/mol. The smallest absolute Gasteiger partial charge is 0.338 e. The third-order valence-corrected chi connectivity index (χ3v) is 7.89. The van der Waals surface area contributed by atoms with E-state index in [1.54, 1.807) is 31.4 Å². The van der Waals surface area contributed by atoms with E-state index in [1.807, 2.05) is 30.0 Å². The van der Waals surface area contributed by atoms with Crippen molar-refractivity contribution in [2.45, 2.75) is 26.2 Å². The first kappa shape index (κ1) is 28.6. The van der Waals surface area contributed by atoms with Gasteiger partial charge in [0.1, 0.15) is 18.1 Å². The Bertz CT molecular complexity index is 1370. The van der Waals surface area contributed by atoms with Crippen LogP contribution in [0.15, 0.2) is 42.5 Å². The number of aromatic nitrogens is 1. The molecule has 1 aromatic heterocycles. The van der Waals surface area contributed by atoms with Gasteiger partial charge in [0, 0.05) is 62.4 Å². The lowest BCUT2D eigenvalue weighted by Crippen LogP contribution is -2.50. The molecule has 1 amide bonds. The van der Waals surface area contributed by atoms with Gasteiger partial charge in [0.15, 0.2) is 0 Å². The Balaban J connectivity index is 1.03. The van der Waals surface area contributed by atoms with Crippen molar-refractivity contribution in [2.24, 2.45) is 0 Å². The van der Waals surface area contributed by atoms with Crippen LogP contribution in [0.2, 0.25) is 0 Å². The van der Waals surface area contributed by atoms with Crippen molar-refractivity contribution in [3.63, 3.8) is 0 Å². The standard InChI is InChI=1S/C31H38N4O6/c1-22-26(27-19-25(39-2)9-10-28(27)32-22)20-30(37)41-24-7-5-23(6-8-24)31(38)40-18-17-33-13-15-34(16-14-33)21-29(36)35-11-3-4-12-35/h5-10,19,32H,3-4,11-18,20-21H2,1-2H3. The van der Waals surface area contributed by atoms with E-state index in [0.29, 0.717) is 24.4 Å². The van der Waals surface area contributed by atoms with E-state index in [-0.39, 0.29) is 18.9 Å². The lowest BCUT2D eigenvalue weighted by Gasteiger charge is -2.34. The van der Waals surface area contributed by atoms with E-state index in [1.165, 1.54) is 0 Å². The van der Waals surface area contributed by atoms with Crippen molar-refractivity contribution in [1.29, 1.82) is 0 Å². The molecule has 3 heterocycles. The summed E-state index contributed by atoms with van der Waals surface area (Å²) in [6, 6.07) is 12.1. The molecule has 2 aromatic carbocycles. The number of rotatable bonds is 10. The van der Waals surface area contributed by atoms with Crippen LogP contribution in [0, 0.1) is 6.92 Å². The van der Waals surface area contributed by atoms with E-state index in [9.17, 15) is 14.4 Å². The topological polar surface area (TPSA) is 104 Å². The summed E-state index contributed by atoms with van der Waals surface area (Å²) in [6.45, 7) is 8.49. The summed E-state index contributed by atoms with van der Waals surface area (Å²) in [6.07, 6.45) is 2.32. The van der Waals surface area contributed by atoms with Gasteiger partial charge in [-0.05, 0) is 67.8 Å². The molecule has 0 atom stereocenters. The highest BCUT2D eigenvalue weighted by atomic mass is 16.5. The Morgan fingerprint density at radius 3 is 2.27 bits per heavy atom. The summed E-state index contributed by atoms with van der Waals surface area (Å²) >= 11 is 0. The zero-order valence-electron chi connectivity index (χ0n) is 23.8. The van der Waals surface area contributed by atoms with Crippen molar-refractivity contribution in [3.05, 3.63) is 59.3 Å². The van der Waals surface area contributed by atoms with Crippen LogP contribution in [0.5, 0.6) is 11.5 Å². The Morgan fingerprint density at radius 1 is 0.878 bits per heavy atom. The maximum atomic E-state index is 12.7. The molecule has 0 saturated carbocycles. The third-order valence-electron chi connectivity index (χ3n) is 7.89. The lowest BCUT2D eigenvalue weighted by atomic mass is 10.1. The van der Waals surface area contributed by atoms with Crippen LogP contribution in [-0.2, 0) is 20.7 Å². The number of H-pyrrole nitrogens is 1. The molecular weight excluding hydrogens is 524 g/mol. The highest BCUT2D eigenvalue weighted by Crippen LogP contribution is 2.27. The third kappa shape index (κ3) is 7.25. The second-order valence-electron chi connectivity index (χ2n) is 10.7. The van der Waals surface area contributed by atoms with Gasteiger partial charge in [0.2, 0.25) is 5.91 Å². The number of aromatic amines is 1. The van der Waals surface area contributed by atoms with Gasteiger partial charge in [-0.15, -0.1) is 0 Å². The first-order valence-corrected chi connectivity index (χ1v) is 14.2. The summed E-state index contributed by atoms with van der Waals surface area (Å²) in [5.74, 6) is 0.504. The molecule has 2 aliphatic rings. The molecule has 2 fully saturated rings. The van der Waals surface area contributed by atoms with Crippen molar-refractivity contribution in [2.75, 3.05) is 66.1 Å². The molecule has 218 valence electrons. The van der Waals surface area contributed by atoms with Crippen LogP contribution >= 0.6 is 0 Å². The fourth-order valence-corrected chi connectivity index (χ4v) is 5.47. The second-order valence-corrected chi connectivity index (χ2v) is 10.7. The Morgan fingerprint density at radius 2 is 1.56 bits per heavy atom. The molecule has 0 radical (unpaired) electrons. The second kappa shape index (κ2) is 13.2. The summed E-state index contributed by atoms with van der Waals surface area (Å²) in [5.41, 5.74) is 3.09. The van der Waals surface area contributed by atoms with Crippen LogP contribution in [0.3, 0.4) is 0 Å². The van der Waals surface area contributed by atoms with Gasteiger partial charge in [0.05, 0.1) is 25.6 Å². The summed E-state index contributed by atoms with van der Waals surface area (Å²) < 4.78 is 16.3. The quantitative estimate of drug-likeness (QED) is 0.297. The number of hydrogen-bond acceptors (Lipinski definition) is 8. The Kier molecular flexibility index (Phi) is 9.21. The van der Waals surface area contributed by atoms with Gasteiger partial charge >= 0.3 is 11.9 Å². The number of ether oxygens (including phenoxy) is 3. The molecule has 1 N–H and O–H groups in total. The number of piperazine rings is 1. The Hall–Kier alpha value is -3.89. The zero-order chi connectivity index (χ0) is 28.8. The maximum Gasteiger partial charge on any atom is 0.338 e. The van der Waals surface area contributed by atoms with Crippen molar-refractivity contribution in [1.82, 2.24) is 19.7 Å². The van der Waals surface area contributed by atoms with Crippen molar-refractivity contribution < 1.29 is 28.6 Å². The summed E-state index contributed by atoms with van der Waals surface area (Å²) in [4.78, 5) is 47.3. The van der Waals surface area contributed by atoms with E-state index in [2.05, 4.69) is 14.8 Å². The van der Waals surface area contributed by atoms with E-state index >= 15 is 0 Å². The minimum absolute atomic E-state index is 0.103. The summed E-state index contributed by atoms with van der Waals surface area (Å²) in [7, 11) is 1.61. The molecule has 0 spiro atoms. The number of benzene rings is 2. The fraction of sp³-hybridized carbons (Fsp3) is 0.452. The maximum absolute atomic E-state index is 12.7. The number of aryl methyl sites for hydroxylation is 1. The van der Waals surface area contributed by atoms with Crippen LogP contribution in [-0.4, -0.2) is 104 Å². The minimum atomic E-state index is -0.416. The molecule has 3 aromatic rings. The van der Waals surface area contributed by atoms with Crippen LogP contribution in [0.4, 0.5) is 0 Å². The van der Waals surface area contributed by atoms with Crippen LogP contribution in [0.25, 0.3) is 10.9 Å². The van der Waals surface area contributed by atoms with Gasteiger partial charge in [-0.3, -0.25) is 19.4 Å². The van der Waals surface area contributed by atoms with E-state index in [4.69, 9.17) is 14.2 Å². The average Bonchev–Trinajstić information content (AvgIpc) is 3.62. The highest BCUT2D eigenvalue weighted by Gasteiger charge is 2.23. The number of fused-ring (bicyclic) bond motifs is 1. The Labute approximate surface area is 240 Å². The number of carbonyl (C=O) groups excluding carboxylic acids is 3. The molecule has 10 heteroatoms. The first-order chi connectivity index (χ1) is 19.9. The molecule has 0 aliphatic carbocycles. The molecule has 2 aliphatic heterocycles. The molecule has 10 nitrogen and oxygen atoms in total. The predicted octanol–water partition coefficient (Wildman–Crippen LogP) is 3.03. The normalized spacial score (nSPS) is 16.2. The highest BCUT2D eigenvalue weighted by molar-refractivity contribution is 5.91. The molecule has 5 rings (SSSR count). The zero-order valence-corrected chi connectivity index (χ0v) is 23.8. The number of likely N-dealkylation sites (tertiary alicyclic amines) is 1. The number of hydrogen-bond donors (Lipinski definition) is 1. The van der Waals surface area contributed by atoms with Gasteiger partial charge in [-0.1, -0.05) is 0 Å². The number of nitrogens with zero attached hydrogens (tertiary/aromatic N) is 3. The van der Waals surface area contributed by atoms with Crippen molar-refractivity contribution in [3.8, 4) is 11.5 Å². The fourth-order valence-electron chi connectivity index (χ4n) is 5.47. The molecule has 0 bridgehead atoms. The van der Waals surface area contributed by atoms with Gasteiger partial charge < -0.3 is 24.1 Å². The minimum Gasteiger partial charge on any atom is -0.497 e. The van der Waals surface area contributed by atoms with Crippen LogP contribution in [0.1, 0.15) is 34.5 Å².